The zero-order valence-corrected chi connectivity index (χ0v) is 19.2. The molecule has 0 atom stereocenters. The Morgan fingerprint density at radius 1 is 0.939 bits per heavy atom. The highest BCUT2D eigenvalue weighted by Gasteiger charge is 2.16. The Bertz CT molecular complexity index is 1030. The summed E-state index contributed by atoms with van der Waals surface area (Å²) >= 11 is 0. The van der Waals surface area contributed by atoms with Crippen LogP contribution in [0.1, 0.15) is 38.7 Å². The first-order valence-electron chi connectivity index (χ1n) is 11.5. The molecule has 33 heavy (non-hydrogen) atoms. The van der Waals surface area contributed by atoms with Crippen LogP contribution in [0.3, 0.4) is 0 Å². The Labute approximate surface area is 195 Å². The van der Waals surface area contributed by atoms with Crippen LogP contribution in [-0.4, -0.2) is 40.9 Å². The van der Waals surface area contributed by atoms with E-state index in [1.807, 2.05) is 54.6 Å². The first kappa shape index (κ1) is 22.5. The van der Waals surface area contributed by atoms with E-state index in [0.717, 1.165) is 42.9 Å². The maximum absolute atomic E-state index is 5.73. The van der Waals surface area contributed by atoms with E-state index in [9.17, 15) is 0 Å². The van der Waals surface area contributed by atoms with Gasteiger partial charge in [-0.2, -0.15) is 20.1 Å². The molecule has 8 heteroatoms. The molecular formula is C25H31N7O. The van der Waals surface area contributed by atoms with Gasteiger partial charge in [0.05, 0.1) is 12.8 Å². The van der Waals surface area contributed by atoms with Gasteiger partial charge in [-0.05, 0) is 67.1 Å². The Morgan fingerprint density at radius 2 is 1.67 bits per heavy atom. The summed E-state index contributed by atoms with van der Waals surface area (Å²) in [6.45, 7) is 6.86. The van der Waals surface area contributed by atoms with Gasteiger partial charge < -0.3 is 15.0 Å². The third kappa shape index (κ3) is 6.90. The number of para-hydroxylation sites is 1. The molecule has 3 aromatic rings. The van der Waals surface area contributed by atoms with E-state index in [0.29, 0.717) is 30.4 Å². The predicted octanol–water partition coefficient (Wildman–Crippen LogP) is 5.09. The molecule has 0 unspecified atom stereocenters. The van der Waals surface area contributed by atoms with Crippen LogP contribution in [0.2, 0.25) is 0 Å². The maximum Gasteiger partial charge on any atom is 0.250 e. The lowest BCUT2D eigenvalue weighted by molar-refractivity contribution is 0.271. The number of benzene rings is 2. The quantitative estimate of drug-likeness (QED) is 0.350. The molecule has 2 N–H and O–H groups in total. The second kappa shape index (κ2) is 11.3. The summed E-state index contributed by atoms with van der Waals surface area (Å²) in [5.41, 5.74) is 4.83. The van der Waals surface area contributed by atoms with Crippen molar-refractivity contribution in [3.63, 3.8) is 0 Å². The van der Waals surface area contributed by atoms with Crippen molar-refractivity contribution in [1.29, 1.82) is 0 Å². The van der Waals surface area contributed by atoms with E-state index in [4.69, 9.17) is 4.74 Å². The molecule has 8 nitrogen and oxygen atoms in total. The molecule has 0 spiro atoms. The molecule has 1 aliphatic heterocycles. The van der Waals surface area contributed by atoms with Crippen LogP contribution in [0, 0.1) is 5.92 Å². The van der Waals surface area contributed by atoms with Gasteiger partial charge in [-0.1, -0.05) is 32.0 Å². The average molecular weight is 446 g/mol. The third-order valence-electron chi connectivity index (χ3n) is 5.13. The summed E-state index contributed by atoms with van der Waals surface area (Å²) in [6, 6.07) is 17.7. The van der Waals surface area contributed by atoms with Crippen molar-refractivity contribution in [2.24, 2.45) is 11.0 Å². The van der Waals surface area contributed by atoms with Gasteiger partial charge in [0, 0.05) is 18.8 Å². The van der Waals surface area contributed by atoms with Gasteiger partial charge in [0.1, 0.15) is 5.75 Å². The van der Waals surface area contributed by atoms with E-state index < -0.39 is 0 Å². The van der Waals surface area contributed by atoms with E-state index in [1.165, 1.54) is 6.42 Å². The highest BCUT2D eigenvalue weighted by atomic mass is 16.5. The lowest BCUT2D eigenvalue weighted by Crippen LogP contribution is -2.31. The number of ether oxygens (including phenoxy) is 1. The highest BCUT2D eigenvalue weighted by Crippen LogP contribution is 2.20. The third-order valence-corrected chi connectivity index (χ3v) is 5.13. The number of rotatable bonds is 9. The number of hydrogen-bond donors (Lipinski definition) is 2. The van der Waals surface area contributed by atoms with Crippen molar-refractivity contribution in [3.8, 4) is 5.75 Å². The van der Waals surface area contributed by atoms with E-state index in [1.54, 1.807) is 6.21 Å². The van der Waals surface area contributed by atoms with Crippen molar-refractivity contribution >= 4 is 29.7 Å². The zero-order chi connectivity index (χ0) is 22.9. The molecule has 1 aliphatic rings. The SMILES string of the molecule is CC(C)COc1ccc(/C=N\Nc2nc(Nc3ccccc3)nc(N3CCCCC3)n2)cc1. The molecule has 2 aromatic carbocycles. The molecule has 0 aliphatic carbocycles. The number of nitrogens with zero attached hydrogens (tertiary/aromatic N) is 5. The van der Waals surface area contributed by atoms with Gasteiger partial charge in [0.25, 0.3) is 0 Å². The summed E-state index contributed by atoms with van der Waals surface area (Å²) in [4.78, 5) is 16.0. The molecule has 0 amide bonds. The van der Waals surface area contributed by atoms with Gasteiger partial charge in [0.2, 0.25) is 17.8 Å². The Kier molecular flexibility index (Phi) is 7.68. The normalized spacial score (nSPS) is 14.0. The maximum atomic E-state index is 5.73. The molecule has 4 rings (SSSR count). The molecule has 172 valence electrons. The lowest BCUT2D eigenvalue weighted by Gasteiger charge is -2.26. The Balaban J connectivity index is 1.46. The molecule has 0 bridgehead atoms. The van der Waals surface area contributed by atoms with Crippen molar-refractivity contribution < 1.29 is 4.74 Å². The van der Waals surface area contributed by atoms with Crippen LogP contribution < -0.4 is 20.4 Å². The summed E-state index contributed by atoms with van der Waals surface area (Å²) in [5.74, 6) is 2.90. The van der Waals surface area contributed by atoms with Crippen molar-refractivity contribution in [2.45, 2.75) is 33.1 Å². The summed E-state index contributed by atoms with van der Waals surface area (Å²) in [5, 5.41) is 7.60. The lowest BCUT2D eigenvalue weighted by atomic mass is 10.1. The van der Waals surface area contributed by atoms with Crippen molar-refractivity contribution in [2.75, 3.05) is 35.3 Å². The number of anilines is 4. The van der Waals surface area contributed by atoms with E-state index in [-0.39, 0.29) is 0 Å². The molecule has 0 radical (unpaired) electrons. The minimum atomic E-state index is 0.400. The first-order chi connectivity index (χ1) is 16.2. The summed E-state index contributed by atoms with van der Waals surface area (Å²) in [6.07, 6.45) is 5.27. The fourth-order valence-corrected chi connectivity index (χ4v) is 3.43. The second-order valence-electron chi connectivity index (χ2n) is 8.47. The number of hydrazone groups is 1. The Morgan fingerprint density at radius 3 is 2.39 bits per heavy atom. The van der Waals surface area contributed by atoms with Crippen LogP contribution in [0.4, 0.5) is 23.5 Å². The van der Waals surface area contributed by atoms with E-state index in [2.05, 4.69) is 49.5 Å². The largest absolute Gasteiger partial charge is 0.493 e. The fraction of sp³-hybridized carbons (Fsp3) is 0.360. The molecule has 1 aromatic heterocycles. The summed E-state index contributed by atoms with van der Waals surface area (Å²) in [7, 11) is 0. The highest BCUT2D eigenvalue weighted by molar-refractivity contribution is 5.80. The monoisotopic (exact) mass is 445 g/mol. The topological polar surface area (TPSA) is 87.6 Å². The predicted molar refractivity (Wildman–Crippen MR) is 134 cm³/mol. The molecule has 2 heterocycles. The molecule has 1 saturated heterocycles. The van der Waals surface area contributed by atoms with Crippen LogP contribution in [0.15, 0.2) is 59.7 Å². The molecule has 1 fully saturated rings. The first-order valence-corrected chi connectivity index (χ1v) is 11.5. The average Bonchev–Trinajstić information content (AvgIpc) is 2.84. The number of piperidine rings is 1. The van der Waals surface area contributed by atoms with Crippen molar-refractivity contribution in [3.05, 3.63) is 60.2 Å². The van der Waals surface area contributed by atoms with Gasteiger partial charge in [-0.25, -0.2) is 5.43 Å². The standard InChI is InChI=1S/C25H31N7O/c1-19(2)18-33-22-13-11-20(12-14-22)17-26-31-24-28-23(27-21-9-5-3-6-10-21)29-25(30-24)32-15-7-4-8-16-32/h3,5-6,9-14,17,19H,4,7-8,15-16,18H2,1-2H3,(H2,27,28,29,30,31)/b26-17-. The van der Waals surface area contributed by atoms with Crippen LogP contribution in [0.5, 0.6) is 5.75 Å². The van der Waals surface area contributed by atoms with Crippen LogP contribution >= 0.6 is 0 Å². The van der Waals surface area contributed by atoms with Crippen molar-refractivity contribution in [1.82, 2.24) is 15.0 Å². The minimum absolute atomic E-state index is 0.400. The number of hydrogen-bond acceptors (Lipinski definition) is 8. The molecular weight excluding hydrogens is 414 g/mol. The second-order valence-corrected chi connectivity index (χ2v) is 8.47. The fourth-order valence-electron chi connectivity index (χ4n) is 3.43. The summed E-state index contributed by atoms with van der Waals surface area (Å²) < 4.78 is 5.73. The number of nitrogens with one attached hydrogen (secondary N) is 2. The minimum Gasteiger partial charge on any atom is -0.493 e. The van der Waals surface area contributed by atoms with E-state index >= 15 is 0 Å². The van der Waals surface area contributed by atoms with Gasteiger partial charge in [-0.3, -0.25) is 0 Å². The molecule has 0 saturated carbocycles. The number of aromatic nitrogens is 3. The van der Waals surface area contributed by atoms with Crippen LogP contribution in [0.25, 0.3) is 0 Å². The van der Waals surface area contributed by atoms with Gasteiger partial charge >= 0.3 is 0 Å². The Hall–Kier alpha value is -3.68. The van der Waals surface area contributed by atoms with Gasteiger partial charge in [-0.15, -0.1) is 0 Å². The van der Waals surface area contributed by atoms with Gasteiger partial charge in [0.15, 0.2) is 0 Å². The zero-order valence-electron chi connectivity index (χ0n) is 19.2. The smallest absolute Gasteiger partial charge is 0.250 e. The van der Waals surface area contributed by atoms with Crippen LogP contribution in [-0.2, 0) is 0 Å².